The quantitative estimate of drug-likeness (QED) is 0.709. The highest BCUT2D eigenvalue weighted by Gasteiger charge is 2.13. The molecule has 0 fully saturated rings. The first kappa shape index (κ1) is 11.9. The van der Waals surface area contributed by atoms with Crippen LogP contribution < -0.4 is 0 Å². The summed E-state index contributed by atoms with van der Waals surface area (Å²) in [6, 6.07) is 8.64. The lowest BCUT2D eigenvalue weighted by Gasteiger charge is -2.07. The van der Waals surface area contributed by atoms with Gasteiger partial charge in [0.05, 0.1) is 30.1 Å². The Bertz CT molecular complexity index is 789. The van der Waals surface area contributed by atoms with Crippen molar-refractivity contribution in [3.63, 3.8) is 0 Å². The standard InChI is InChI=1S/C15H13N3S/c1-10-3-4-13(11(2)7-10)14-9-19-15-17-8-12(5-6-16)18(14)15/h3-4,7-9H,5H2,1-2H3. The Balaban J connectivity index is 2.25. The average Bonchev–Trinajstić information content (AvgIpc) is 2.93. The van der Waals surface area contributed by atoms with Gasteiger partial charge in [0, 0.05) is 10.9 Å². The Kier molecular flexibility index (Phi) is 2.84. The van der Waals surface area contributed by atoms with Gasteiger partial charge in [-0.15, -0.1) is 11.3 Å². The summed E-state index contributed by atoms with van der Waals surface area (Å²) in [5.41, 5.74) is 5.79. The van der Waals surface area contributed by atoms with Crippen molar-refractivity contribution >= 4 is 16.3 Å². The summed E-state index contributed by atoms with van der Waals surface area (Å²) < 4.78 is 2.09. The monoisotopic (exact) mass is 267 g/mol. The first-order valence-corrected chi connectivity index (χ1v) is 6.97. The predicted molar refractivity (Wildman–Crippen MR) is 77.3 cm³/mol. The van der Waals surface area contributed by atoms with Crippen molar-refractivity contribution in [1.82, 2.24) is 9.38 Å². The minimum absolute atomic E-state index is 0.385. The summed E-state index contributed by atoms with van der Waals surface area (Å²) >= 11 is 1.61. The lowest BCUT2D eigenvalue weighted by molar-refractivity contribution is 1.07. The number of nitriles is 1. The van der Waals surface area contributed by atoms with E-state index in [1.807, 2.05) is 0 Å². The van der Waals surface area contributed by atoms with Gasteiger partial charge in [0.25, 0.3) is 0 Å². The molecule has 4 heteroatoms. The fourth-order valence-electron chi connectivity index (χ4n) is 2.36. The van der Waals surface area contributed by atoms with Gasteiger partial charge in [-0.2, -0.15) is 5.26 Å². The molecule has 3 nitrogen and oxygen atoms in total. The van der Waals surface area contributed by atoms with Crippen LogP contribution in [0.25, 0.3) is 16.2 Å². The van der Waals surface area contributed by atoms with Gasteiger partial charge < -0.3 is 0 Å². The molecule has 1 aromatic carbocycles. The van der Waals surface area contributed by atoms with Crippen LogP contribution in [0.4, 0.5) is 0 Å². The summed E-state index contributed by atoms with van der Waals surface area (Å²) in [4.78, 5) is 5.31. The van der Waals surface area contributed by atoms with E-state index >= 15 is 0 Å². The SMILES string of the molecule is Cc1ccc(-c2csc3ncc(CC#N)n23)c(C)c1. The normalized spacial score (nSPS) is 10.8. The number of aromatic nitrogens is 2. The lowest BCUT2D eigenvalue weighted by Crippen LogP contribution is -1.94. The zero-order valence-corrected chi connectivity index (χ0v) is 11.7. The molecule has 0 atom stereocenters. The molecule has 0 unspecified atom stereocenters. The van der Waals surface area contributed by atoms with E-state index in [2.05, 4.69) is 52.9 Å². The first-order valence-electron chi connectivity index (χ1n) is 6.09. The van der Waals surface area contributed by atoms with E-state index in [9.17, 15) is 0 Å². The second-order valence-electron chi connectivity index (χ2n) is 4.64. The number of fused-ring (bicyclic) bond motifs is 1. The number of imidazole rings is 1. The summed E-state index contributed by atoms with van der Waals surface area (Å²) in [7, 11) is 0. The number of hydrogen-bond donors (Lipinski definition) is 0. The van der Waals surface area contributed by atoms with Crippen molar-refractivity contribution in [1.29, 1.82) is 5.26 Å². The molecule has 0 saturated carbocycles. The van der Waals surface area contributed by atoms with Gasteiger partial charge in [0.1, 0.15) is 0 Å². The zero-order chi connectivity index (χ0) is 13.4. The molecule has 0 N–H and O–H groups in total. The Morgan fingerprint density at radius 2 is 2.21 bits per heavy atom. The number of rotatable bonds is 2. The van der Waals surface area contributed by atoms with E-state index in [-0.39, 0.29) is 0 Å². The second kappa shape index (κ2) is 4.52. The molecule has 19 heavy (non-hydrogen) atoms. The molecule has 0 aliphatic rings. The van der Waals surface area contributed by atoms with Crippen LogP contribution in [0.1, 0.15) is 16.8 Å². The molecular weight excluding hydrogens is 254 g/mol. The van der Waals surface area contributed by atoms with E-state index in [0.29, 0.717) is 6.42 Å². The van der Waals surface area contributed by atoms with Gasteiger partial charge in [-0.1, -0.05) is 23.8 Å². The van der Waals surface area contributed by atoms with Crippen LogP contribution >= 0.6 is 11.3 Å². The fraction of sp³-hybridized carbons (Fsp3) is 0.200. The maximum Gasteiger partial charge on any atom is 0.194 e. The highest BCUT2D eigenvalue weighted by molar-refractivity contribution is 7.15. The van der Waals surface area contributed by atoms with E-state index in [1.165, 1.54) is 16.7 Å². The molecule has 0 aliphatic carbocycles. The zero-order valence-electron chi connectivity index (χ0n) is 10.8. The first-order chi connectivity index (χ1) is 9.20. The third-order valence-electron chi connectivity index (χ3n) is 3.24. The summed E-state index contributed by atoms with van der Waals surface area (Å²) in [6.45, 7) is 4.21. The van der Waals surface area contributed by atoms with Crippen LogP contribution in [-0.2, 0) is 6.42 Å². The Morgan fingerprint density at radius 3 is 2.95 bits per heavy atom. The maximum atomic E-state index is 8.90. The Hall–Kier alpha value is -2.12. The lowest BCUT2D eigenvalue weighted by atomic mass is 10.0. The smallest absolute Gasteiger partial charge is 0.194 e. The Morgan fingerprint density at radius 1 is 1.37 bits per heavy atom. The molecule has 2 aromatic heterocycles. The number of thiazole rings is 1. The molecule has 94 valence electrons. The van der Waals surface area contributed by atoms with Crippen LogP contribution in [0.5, 0.6) is 0 Å². The molecule has 0 aliphatic heterocycles. The molecule has 0 spiro atoms. The van der Waals surface area contributed by atoms with Crippen LogP contribution in [0.2, 0.25) is 0 Å². The molecule has 0 radical (unpaired) electrons. The number of hydrogen-bond acceptors (Lipinski definition) is 3. The summed E-state index contributed by atoms with van der Waals surface area (Å²) in [5.74, 6) is 0. The van der Waals surface area contributed by atoms with Crippen molar-refractivity contribution < 1.29 is 0 Å². The molecule has 0 saturated heterocycles. The minimum Gasteiger partial charge on any atom is -0.286 e. The highest BCUT2D eigenvalue weighted by atomic mass is 32.1. The van der Waals surface area contributed by atoms with Gasteiger partial charge in [-0.3, -0.25) is 4.40 Å². The molecular formula is C15H13N3S. The highest BCUT2D eigenvalue weighted by Crippen LogP contribution is 2.30. The fourth-order valence-corrected chi connectivity index (χ4v) is 3.24. The average molecular weight is 267 g/mol. The summed E-state index contributed by atoms with van der Waals surface area (Å²) in [6.07, 6.45) is 2.18. The third kappa shape index (κ3) is 1.92. The molecule has 3 aromatic rings. The summed E-state index contributed by atoms with van der Waals surface area (Å²) in [5, 5.41) is 11.0. The van der Waals surface area contributed by atoms with Crippen LogP contribution in [0, 0.1) is 25.2 Å². The van der Waals surface area contributed by atoms with Gasteiger partial charge in [0.15, 0.2) is 4.96 Å². The van der Waals surface area contributed by atoms with Crippen molar-refractivity contribution in [2.45, 2.75) is 20.3 Å². The van der Waals surface area contributed by atoms with Crippen LogP contribution in [-0.4, -0.2) is 9.38 Å². The van der Waals surface area contributed by atoms with Gasteiger partial charge in [-0.05, 0) is 19.4 Å². The van der Waals surface area contributed by atoms with Crippen molar-refractivity contribution in [3.05, 3.63) is 46.6 Å². The van der Waals surface area contributed by atoms with Gasteiger partial charge >= 0.3 is 0 Å². The number of aryl methyl sites for hydroxylation is 2. The van der Waals surface area contributed by atoms with Crippen molar-refractivity contribution in [3.8, 4) is 17.3 Å². The van der Waals surface area contributed by atoms with Gasteiger partial charge in [-0.25, -0.2) is 4.98 Å². The largest absolute Gasteiger partial charge is 0.286 e. The van der Waals surface area contributed by atoms with Crippen LogP contribution in [0.15, 0.2) is 29.8 Å². The van der Waals surface area contributed by atoms with E-state index in [0.717, 1.165) is 16.3 Å². The van der Waals surface area contributed by atoms with Crippen molar-refractivity contribution in [2.75, 3.05) is 0 Å². The van der Waals surface area contributed by atoms with Crippen molar-refractivity contribution in [2.24, 2.45) is 0 Å². The van der Waals surface area contributed by atoms with E-state index < -0.39 is 0 Å². The topological polar surface area (TPSA) is 41.1 Å². The Labute approximate surface area is 115 Å². The number of benzene rings is 1. The molecule has 2 heterocycles. The maximum absolute atomic E-state index is 8.90. The number of nitrogens with zero attached hydrogens (tertiary/aromatic N) is 3. The predicted octanol–water partition coefficient (Wildman–Crippen LogP) is 3.75. The van der Waals surface area contributed by atoms with E-state index in [4.69, 9.17) is 5.26 Å². The molecule has 3 rings (SSSR count). The molecule has 0 bridgehead atoms. The molecule has 0 amide bonds. The van der Waals surface area contributed by atoms with E-state index in [1.54, 1.807) is 17.5 Å². The van der Waals surface area contributed by atoms with Crippen LogP contribution in [0.3, 0.4) is 0 Å². The second-order valence-corrected chi connectivity index (χ2v) is 5.48. The minimum atomic E-state index is 0.385. The van der Waals surface area contributed by atoms with Gasteiger partial charge in [0.2, 0.25) is 0 Å². The third-order valence-corrected chi connectivity index (χ3v) is 4.08.